The van der Waals surface area contributed by atoms with Crippen molar-refractivity contribution in [3.8, 4) is 0 Å². The zero-order valence-electron chi connectivity index (χ0n) is 11.8. The lowest BCUT2D eigenvalue weighted by Gasteiger charge is -2.28. The van der Waals surface area contributed by atoms with Crippen molar-refractivity contribution in [2.45, 2.75) is 26.8 Å². The lowest BCUT2D eigenvalue weighted by Crippen LogP contribution is -2.38. The first kappa shape index (κ1) is 13.9. The van der Waals surface area contributed by atoms with Gasteiger partial charge in [0.2, 0.25) is 5.91 Å². The van der Waals surface area contributed by atoms with Crippen molar-refractivity contribution >= 4 is 11.6 Å². The maximum absolute atomic E-state index is 11.8. The van der Waals surface area contributed by atoms with Gasteiger partial charge >= 0.3 is 0 Å². The van der Waals surface area contributed by atoms with Gasteiger partial charge in [0.1, 0.15) is 0 Å². The normalized spacial score (nSPS) is 13.8. The molecule has 1 aliphatic rings. The van der Waals surface area contributed by atoms with Gasteiger partial charge in [-0.3, -0.25) is 4.79 Å². The highest BCUT2D eigenvalue weighted by Crippen LogP contribution is 2.26. The fourth-order valence-electron chi connectivity index (χ4n) is 2.60. The van der Waals surface area contributed by atoms with Crippen LogP contribution in [0.4, 0.5) is 5.69 Å². The Balaban J connectivity index is 2.20. The van der Waals surface area contributed by atoms with E-state index in [0.717, 1.165) is 26.1 Å². The van der Waals surface area contributed by atoms with Crippen LogP contribution in [0.15, 0.2) is 18.2 Å². The Labute approximate surface area is 115 Å². The van der Waals surface area contributed by atoms with Gasteiger partial charge in [-0.1, -0.05) is 12.1 Å². The van der Waals surface area contributed by atoms with Crippen LogP contribution in [-0.2, 0) is 17.8 Å². The molecule has 19 heavy (non-hydrogen) atoms. The van der Waals surface area contributed by atoms with Crippen LogP contribution in [0.1, 0.15) is 25.0 Å². The number of benzene rings is 1. The molecule has 0 saturated heterocycles. The van der Waals surface area contributed by atoms with Crippen molar-refractivity contribution in [1.29, 1.82) is 0 Å². The van der Waals surface area contributed by atoms with Gasteiger partial charge in [-0.15, -0.1) is 0 Å². The lowest BCUT2D eigenvalue weighted by atomic mass is 9.98. The molecule has 0 bridgehead atoms. The first-order chi connectivity index (χ1) is 9.26. The van der Waals surface area contributed by atoms with Gasteiger partial charge in [0, 0.05) is 25.3 Å². The van der Waals surface area contributed by atoms with E-state index < -0.39 is 0 Å². The molecule has 0 radical (unpaired) electrons. The molecule has 4 nitrogen and oxygen atoms in total. The topological polar surface area (TPSA) is 44.4 Å². The van der Waals surface area contributed by atoms with E-state index in [0.29, 0.717) is 13.1 Å². The second-order valence-electron chi connectivity index (χ2n) is 4.81. The largest absolute Gasteiger partial charge is 0.362 e. The number of hydrogen-bond acceptors (Lipinski definition) is 3. The molecule has 1 aromatic carbocycles. The minimum absolute atomic E-state index is 0.0934. The number of rotatable bonds is 5. The van der Waals surface area contributed by atoms with Gasteiger partial charge < -0.3 is 15.5 Å². The van der Waals surface area contributed by atoms with Gasteiger partial charge in [0.15, 0.2) is 0 Å². The summed E-state index contributed by atoms with van der Waals surface area (Å²) in [4.78, 5) is 14.0. The molecule has 0 saturated carbocycles. The quantitative estimate of drug-likeness (QED) is 0.839. The van der Waals surface area contributed by atoms with Gasteiger partial charge in [0.25, 0.3) is 0 Å². The van der Waals surface area contributed by atoms with Crippen LogP contribution in [0.25, 0.3) is 0 Å². The van der Waals surface area contributed by atoms with Gasteiger partial charge in [-0.25, -0.2) is 0 Å². The van der Waals surface area contributed by atoms with Crippen LogP contribution in [0.2, 0.25) is 0 Å². The highest BCUT2D eigenvalue weighted by molar-refractivity contribution is 5.81. The van der Waals surface area contributed by atoms with Crippen LogP contribution in [0.5, 0.6) is 0 Å². The molecule has 0 unspecified atom stereocenters. The summed E-state index contributed by atoms with van der Waals surface area (Å²) in [7, 11) is 0. The summed E-state index contributed by atoms with van der Waals surface area (Å²) < 4.78 is 0. The fourth-order valence-corrected chi connectivity index (χ4v) is 2.60. The number of fused-ring (bicyclic) bond motifs is 1. The Hall–Kier alpha value is -1.55. The molecule has 1 aliphatic heterocycles. The molecule has 0 atom stereocenters. The van der Waals surface area contributed by atoms with Crippen LogP contribution in [0, 0.1) is 0 Å². The minimum Gasteiger partial charge on any atom is -0.362 e. The van der Waals surface area contributed by atoms with Crippen molar-refractivity contribution in [3.05, 3.63) is 29.3 Å². The van der Waals surface area contributed by atoms with E-state index in [4.69, 9.17) is 0 Å². The Bertz CT molecular complexity index is 445. The summed E-state index contributed by atoms with van der Waals surface area (Å²) in [5, 5.41) is 6.26. The standard InChI is InChI=1S/C15H23N3O/c1-3-17-15(19)11-18(4-2)14-7-5-6-12-10-16-9-8-13(12)14/h5-7,16H,3-4,8-11H2,1-2H3,(H,17,19). The molecule has 0 aromatic heterocycles. The number of likely N-dealkylation sites (N-methyl/N-ethyl adjacent to an activating group) is 2. The molecular weight excluding hydrogens is 238 g/mol. The van der Waals surface area contributed by atoms with Crippen molar-refractivity contribution in [2.24, 2.45) is 0 Å². The van der Waals surface area contributed by atoms with Gasteiger partial charge in [-0.05, 0) is 44.0 Å². The third-order valence-electron chi connectivity index (χ3n) is 3.55. The first-order valence-electron chi connectivity index (χ1n) is 7.09. The predicted octanol–water partition coefficient (Wildman–Crippen LogP) is 1.29. The summed E-state index contributed by atoms with van der Waals surface area (Å²) in [6.45, 7) is 7.97. The van der Waals surface area contributed by atoms with E-state index in [1.165, 1.54) is 16.8 Å². The molecule has 0 aliphatic carbocycles. The highest BCUT2D eigenvalue weighted by Gasteiger charge is 2.17. The second-order valence-corrected chi connectivity index (χ2v) is 4.81. The summed E-state index contributed by atoms with van der Waals surface area (Å²) >= 11 is 0. The summed E-state index contributed by atoms with van der Waals surface area (Å²) in [5.41, 5.74) is 3.97. The predicted molar refractivity (Wildman–Crippen MR) is 78.4 cm³/mol. The molecule has 1 aromatic rings. The lowest BCUT2D eigenvalue weighted by molar-refractivity contribution is -0.119. The van der Waals surface area contributed by atoms with Gasteiger partial charge in [0.05, 0.1) is 6.54 Å². The third kappa shape index (κ3) is 3.26. The SMILES string of the molecule is CCNC(=O)CN(CC)c1cccc2c1CCNC2. The summed E-state index contributed by atoms with van der Waals surface area (Å²) in [5.74, 6) is 0.0934. The zero-order valence-corrected chi connectivity index (χ0v) is 11.8. The monoisotopic (exact) mass is 261 g/mol. The Kier molecular flexibility index (Phi) is 4.80. The summed E-state index contributed by atoms with van der Waals surface area (Å²) in [6.07, 6.45) is 1.04. The zero-order chi connectivity index (χ0) is 13.7. The van der Waals surface area contributed by atoms with Crippen LogP contribution < -0.4 is 15.5 Å². The van der Waals surface area contributed by atoms with Crippen molar-refractivity contribution in [3.63, 3.8) is 0 Å². The van der Waals surface area contributed by atoms with Crippen LogP contribution in [-0.4, -0.2) is 32.1 Å². The number of hydrogen-bond donors (Lipinski definition) is 2. The van der Waals surface area contributed by atoms with E-state index in [1.807, 2.05) is 6.92 Å². The maximum atomic E-state index is 11.8. The average molecular weight is 261 g/mol. The van der Waals surface area contributed by atoms with E-state index in [1.54, 1.807) is 0 Å². The van der Waals surface area contributed by atoms with Crippen LogP contribution >= 0.6 is 0 Å². The minimum atomic E-state index is 0.0934. The van der Waals surface area contributed by atoms with Gasteiger partial charge in [-0.2, -0.15) is 0 Å². The molecule has 0 fully saturated rings. The molecule has 0 spiro atoms. The molecule has 104 valence electrons. The molecule has 1 heterocycles. The number of nitrogens with zero attached hydrogens (tertiary/aromatic N) is 1. The second kappa shape index (κ2) is 6.57. The third-order valence-corrected chi connectivity index (χ3v) is 3.55. The molecule has 4 heteroatoms. The Morgan fingerprint density at radius 2 is 2.26 bits per heavy atom. The van der Waals surface area contributed by atoms with Crippen LogP contribution in [0.3, 0.4) is 0 Å². The number of anilines is 1. The maximum Gasteiger partial charge on any atom is 0.239 e. The van der Waals surface area contributed by atoms with E-state index >= 15 is 0 Å². The average Bonchev–Trinajstić information content (AvgIpc) is 2.44. The molecule has 1 amide bonds. The Morgan fingerprint density at radius 3 is 3.00 bits per heavy atom. The molecular formula is C15H23N3O. The molecule has 2 rings (SSSR count). The van der Waals surface area contributed by atoms with E-state index in [-0.39, 0.29) is 5.91 Å². The number of carbonyl (C=O) groups is 1. The van der Waals surface area contributed by atoms with Crippen molar-refractivity contribution in [1.82, 2.24) is 10.6 Å². The van der Waals surface area contributed by atoms with Crippen molar-refractivity contribution < 1.29 is 4.79 Å². The number of amides is 1. The van der Waals surface area contributed by atoms with Crippen molar-refractivity contribution in [2.75, 3.05) is 31.1 Å². The fraction of sp³-hybridized carbons (Fsp3) is 0.533. The van der Waals surface area contributed by atoms with E-state index in [2.05, 4.69) is 40.7 Å². The molecule has 2 N–H and O–H groups in total. The number of carbonyl (C=O) groups excluding carboxylic acids is 1. The number of nitrogens with one attached hydrogen (secondary N) is 2. The van der Waals surface area contributed by atoms with E-state index in [9.17, 15) is 4.79 Å². The smallest absolute Gasteiger partial charge is 0.239 e. The highest BCUT2D eigenvalue weighted by atomic mass is 16.2. The Morgan fingerprint density at radius 1 is 1.42 bits per heavy atom. The summed E-state index contributed by atoms with van der Waals surface area (Å²) in [6, 6.07) is 6.39. The first-order valence-corrected chi connectivity index (χ1v) is 7.09.